The number of halogens is 1. The number of para-hydroxylation sites is 1. The van der Waals surface area contributed by atoms with E-state index in [2.05, 4.69) is 6.07 Å². The molecule has 1 aromatic carbocycles. The van der Waals surface area contributed by atoms with Gasteiger partial charge in [0.15, 0.2) is 0 Å². The summed E-state index contributed by atoms with van der Waals surface area (Å²) in [6.45, 7) is 0.246. The first kappa shape index (κ1) is 15.5. The fraction of sp³-hybridized carbons (Fsp3) is 0.500. The van der Waals surface area contributed by atoms with Crippen molar-refractivity contribution in [3.8, 4) is 11.8 Å². The van der Waals surface area contributed by atoms with Crippen molar-refractivity contribution in [2.75, 3.05) is 6.61 Å². The molecule has 0 heterocycles. The molecule has 0 spiro atoms. The van der Waals surface area contributed by atoms with Gasteiger partial charge in [0.25, 0.3) is 0 Å². The summed E-state index contributed by atoms with van der Waals surface area (Å²) in [6, 6.07) is 6.56. The van der Waals surface area contributed by atoms with Gasteiger partial charge in [-0.15, -0.1) is 0 Å². The van der Waals surface area contributed by atoms with Crippen molar-refractivity contribution in [1.29, 1.82) is 5.26 Å². The highest BCUT2D eigenvalue weighted by molar-refractivity contribution is 6.32. The fourth-order valence-electron chi connectivity index (χ4n) is 2.74. The Kier molecular flexibility index (Phi) is 4.66. The standard InChI is InChI=1S/C14H16ClN3O3/c15-11-4-1-5-12(18(19)20)13(11)21-8-6-10-3-2-7-14(10,17)9-16/h1,4-5,10H,2-3,6-8,17H2. The second-order valence-corrected chi connectivity index (χ2v) is 5.63. The van der Waals surface area contributed by atoms with Crippen LogP contribution in [-0.2, 0) is 0 Å². The van der Waals surface area contributed by atoms with Gasteiger partial charge in [0.1, 0.15) is 5.54 Å². The molecule has 0 aromatic heterocycles. The van der Waals surface area contributed by atoms with Gasteiger partial charge in [-0.05, 0) is 31.2 Å². The van der Waals surface area contributed by atoms with E-state index >= 15 is 0 Å². The summed E-state index contributed by atoms with van der Waals surface area (Å²) in [5.74, 6) is 0.116. The molecule has 112 valence electrons. The Bertz CT molecular complexity index is 587. The molecule has 21 heavy (non-hydrogen) atoms. The minimum absolute atomic E-state index is 0.0454. The van der Waals surface area contributed by atoms with E-state index in [-0.39, 0.29) is 29.0 Å². The topological polar surface area (TPSA) is 102 Å². The van der Waals surface area contributed by atoms with Crippen LogP contribution < -0.4 is 10.5 Å². The number of ether oxygens (including phenoxy) is 1. The molecule has 6 nitrogen and oxygen atoms in total. The molecule has 0 aliphatic heterocycles. The molecule has 1 saturated carbocycles. The zero-order valence-corrected chi connectivity index (χ0v) is 12.2. The van der Waals surface area contributed by atoms with E-state index in [0.29, 0.717) is 12.8 Å². The van der Waals surface area contributed by atoms with Gasteiger partial charge in [-0.3, -0.25) is 10.1 Å². The Balaban J connectivity index is 2.02. The zero-order valence-electron chi connectivity index (χ0n) is 11.4. The van der Waals surface area contributed by atoms with Gasteiger partial charge < -0.3 is 10.5 Å². The first-order chi connectivity index (χ1) is 9.98. The molecule has 7 heteroatoms. The first-order valence-corrected chi connectivity index (χ1v) is 7.11. The largest absolute Gasteiger partial charge is 0.486 e. The van der Waals surface area contributed by atoms with Crippen molar-refractivity contribution >= 4 is 17.3 Å². The number of nitriles is 1. The van der Waals surface area contributed by atoms with Crippen LogP contribution >= 0.6 is 11.6 Å². The summed E-state index contributed by atoms with van der Waals surface area (Å²) < 4.78 is 5.49. The Morgan fingerprint density at radius 3 is 3.05 bits per heavy atom. The van der Waals surface area contributed by atoms with Crippen LogP contribution in [-0.4, -0.2) is 17.1 Å². The predicted octanol–water partition coefficient (Wildman–Crippen LogP) is 3.04. The van der Waals surface area contributed by atoms with Gasteiger partial charge in [0, 0.05) is 6.07 Å². The number of nitrogens with two attached hydrogens (primary N) is 1. The van der Waals surface area contributed by atoms with Crippen LogP contribution in [0.4, 0.5) is 5.69 Å². The van der Waals surface area contributed by atoms with Gasteiger partial charge in [0.05, 0.1) is 22.6 Å². The second-order valence-electron chi connectivity index (χ2n) is 5.22. The third-order valence-corrected chi connectivity index (χ3v) is 4.23. The summed E-state index contributed by atoms with van der Waals surface area (Å²) in [4.78, 5) is 10.4. The molecule has 1 fully saturated rings. The van der Waals surface area contributed by atoms with E-state index in [1.165, 1.54) is 12.1 Å². The number of hydrogen-bond acceptors (Lipinski definition) is 5. The van der Waals surface area contributed by atoms with Crippen molar-refractivity contribution in [2.45, 2.75) is 31.2 Å². The smallest absolute Gasteiger partial charge is 0.312 e. The van der Waals surface area contributed by atoms with E-state index in [1.807, 2.05) is 0 Å². The average Bonchev–Trinajstić information content (AvgIpc) is 2.82. The van der Waals surface area contributed by atoms with Crippen LogP contribution in [0.2, 0.25) is 5.02 Å². The average molecular weight is 310 g/mol. The molecule has 0 radical (unpaired) electrons. The molecule has 1 aliphatic carbocycles. The lowest BCUT2D eigenvalue weighted by molar-refractivity contribution is -0.385. The molecule has 1 aliphatic rings. The van der Waals surface area contributed by atoms with Gasteiger partial charge in [-0.1, -0.05) is 24.1 Å². The summed E-state index contributed by atoms with van der Waals surface area (Å²) in [5, 5.41) is 20.3. The zero-order chi connectivity index (χ0) is 15.5. The Morgan fingerprint density at radius 1 is 1.62 bits per heavy atom. The van der Waals surface area contributed by atoms with Gasteiger partial charge in [-0.2, -0.15) is 5.26 Å². The maximum Gasteiger partial charge on any atom is 0.312 e. The Hall–Kier alpha value is -1.84. The van der Waals surface area contributed by atoms with Crippen LogP contribution in [0.3, 0.4) is 0 Å². The lowest BCUT2D eigenvalue weighted by Gasteiger charge is -2.23. The summed E-state index contributed by atoms with van der Waals surface area (Å²) in [5.41, 5.74) is 5.07. The van der Waals surface area contributed by atoms with E-state index in [4.69, 9.17) is 27.3 Å². The van der Waals surface area contributed by atoms with Crippen LogP contribution in [0.5, 0.6) is 5.75 Å². The van der Waals surface area contributed by atoms with Crippen molar-refractivity contribution in [1.82, 2.24) is 0 Å². The van der Waals surface area contributed by atoms with Crippen molar-refractivity contribution in [3.05, 3.63) is 33.3 Å². The molecule has 2 rings (SSSR count). The molecule has 0 saturated heterocycles. The highest BCUT2D eigenvalue weighted by Crippen LogP contribution is 2.37. The lowest BCUT2D eigenvalue weighted by atomic mass is 9.87. The molecular weight excluding hydrogens is 294 g/mol. The third kappa shape index (κ3) is 3.26. The third-order valence-electron chi connectivity index (χ3n) is 3.94. The monoisotopic (exact) mass is 309 g/mol. The number of nitrogens with zero attached hydrogens (tertiary/aromatic N) is 2. The Morgan fingerprint density at radius 2 is 2.38 bits per heavy atom. The SMILES string of the molecule is N#CC1(N)CCCC1CCOc1c(Cl)cccc1[N+](=O)[O-]. The quantitative estimate of drug-likeness (QED) is 0.665. The number of nitro benzene ring substituents is 1. The fourth-order valence-corrected chi connectivity index (χ4v) is 2.96. The Labute approximate surface area is 127 Å². The predicted molar refractivity (Wildman–Crippen MR) is 78.1 cm³/mol. The minimum Gasteiger partial charge on any atom is -0.486 e. The molecule has 2 N–H and O–H groups in total. The minimum atomic E-state index is -0.810. The molecule has 2 atom stereocenters. The highest BCUT2D eigenvalue weighted by atomic mass is 35.5. The maximum absolute atomic E-state index is 10.9. The maximum atomic E-state index is 10.9. The molecule has 0 amide bonds. The molecule has 2 unspecified atom stereocenters. The number of benzene rings is 1. The number of rotatable bonds is 5. The van der Waals surface area contributed by atoms with E-state index in [1.54, 1.807) is 6.07 Å². The summed E-state index contributed by atoms with van der Waals surface area (Å²) in [6.07, 6.45) is 3.05. The molecular formula is C14H16ClN3O3. The van der Waals surface area contributed by atoms with E-state index in [9.17, 15) is 10.1 Å². The van der Waals surface area contributed by atoms with E-state index < -0.39 is 10.5 Å². The van der Waals surface area contributed by atoms with Crippen LogP contribution in [0.1, 0.15) is 25.7 Å². The first-order valence-electron chi connectivity index (χ1n) is 6.74. The van der Waals surface area contributed by atoms with Crippen molar-refractivity contribution in [2.24, 2.45) is 11.7 Å². The lowest BCUT2D eigenvalue weighted by Crippen LogP contribution is -2.42. The summed E-state index contributed by atoms with van der Waals surface area (Å²) >= 11 is 5.95. The van der Waals surface area contributed by atoms with Crippen LogP contribution in [0.15, 0.2) is 18.2 Å². The van der Waals surface area contributed by atoms with Gasteiger partial charge in [-0.25, -0.2) is 0 Å². The van der Waals surface area contributed by atoms with Crippen LogP contribution in [0, 0.1) is 27.4 Å². The number of hydrogen-bond donors (Lipinski definition) is 1. The van der Waals surface area contributed by atoms with Crippen LogP contribution in [0.25, 0.3) is 0 Å². The van der Waals surface area contributed by atoms with Crippen molar-refractivity contribution < 1.29 is 9.66 Å². The van der Waals surface area contributed by atoms with Gasteiger partial charge in [0.2, 0.25) is 5.75 Å². The second kappa shape index (κ2) is 6.29. The van der Waals surface area contributed by atoms with Crippen molar-refractivity contribution in [3.63, 3.8) is 0 Å². The summed E-state index contributed by atoms with van der Waals surface area (Å²) in [7, 11) is 0. The number of nitro groups is 1. The molecule has 0 bridgehead atoms. The normalized spacial score (nSPS) is 24.5. The van der Waals surface area contributed by atoms with Gasteiger partial charge >= 0.3 is 5.69 Å². The highest BCUT2D eigenvalue weighted by Gasteiger charge is 2.39. The molecule has 1 aromatic rings. The van der Waals surface area contributed by atoms with E-state index in [0.717, 1.165) is 12.8 Å².